The number of rotatable bonds is 2. The fourth-order valence-corrected chi connectivity index (χ4v) is 1.59. The van der Waals surface area contributed by atoms with Gasteiger partial charge in [-0.3, -0.25) is 0 Å². The van der Waals surface area contributed by atoms with Crippen molar-refractivity contribution in [1.29, 1.82) is 0 Å². The first-order valence-electron chi connectivity index (χ1n) is 6.53. The van der Waals surface area contributed by atoms with Gasteiger partial charge in [-0.1, -0.05) is 13.8 Å². The van der Waals surface area contributed by atoms with Crippen LogP contribution in [0, 0.1) is 10.8 Å². The standard InChI is InChI=1S/C7H14O3.C6H12O3/c1-6-9-4-7(2,3-8)5-10-6;1-6(2-7)3-8-5-9-4-6/h6,8H,3-5H2,1-2H3;7H,2-5H2,1H3. The molecule has 2 heterocycles. The lowest BCUT2D eigenvalue weighted by atomic mass is 9.94. The van der Waals surface area contributed by atoms with E-state index in [9.17, 15) is 0 Å². The van der Waals surface area contributed by atoms with Crippen LogP contribution >= 0.6 is 0 Å². The second-order valence-electron chi connectivity index (χ2n) is 5.94. The summed E-state index contributed by atoms with van der Waals surface area (Å²) >= 11 is 0. The zero-order valence-electron chi connectivity index (χ0n) is 12.1. The van der Waals surface area contributed by atoms with Gasteiger partial charge in [0.25, 0.3) is 0 Å². The minimum atomic E-state index is -0.188. The summed E-state index contributed by atoms with van der Waals surface area (Å²) in [6, 6.07) is 0. The van der Waals surface area contributed by atoms with Crippen LogP contribution in [0.15, 0.2) is 0 Å². The van der Waals surface area contributed by atoms with E-state index >= 15 is 0 Å². The van der Waals surface area contributed by atoms with E-state index in [0.29, 0.717) is 33.2 Å². The highest BCUT2D eigenvalue weighted by atomic mass is 16.7. The number of ether oxygens (including phenoxy) is 4. The molecule has 0 aromatic rings. The first kappa shape index (κ1) is 16.8. The molecule has 6 nitrogen and oxygen atoms in total. The van der Waals surface area contributed by atoms with Crippen LogP contribution in [0.2, 0.25) is 0 Å². The number of aliphatic hydroxyl groups is 2. The number of aliphatic hydroxyl groups excluding tert-OH is 2. The van der Waals surface area contributed by atoms with Crippen LogP contribution in [0.3, 0.4) is 0 Å². The molecule has 2 aliphatic heterocycles. The monoisotopic (exact) mass is 278 g/mol. The molecule has 0 aromatic heterocycles. The lowest BCUT2D eigenvalue weighted by Crippen LogP contribution is -2.41. The van der Waals surface area contributed by atoms with Gasteiger partial charge in [0.1, 0.15) is 6.79 Å². The maximum absolute atomic E-state index is 8.88. The van der Waals surface area contributed by atoms with E-state index in [1.165, 1.54) is 0 Å². The lowest BCUT2D eigenvalue weighted by Gasteiger charge is -2.34. The highest BCUT2D eigenvalue weighted by Crippen LogP contribution is 2.22. The molecule has 0 aliphatic carbocycles. The van der Waals surface area contributed by atoms with Gasteiger partial charge in [-0.15, -0.1) is 0 Å². The molecule has 0 atom stereocenters. The average Bonchev–Trinajstić information content (AvgIpc) is 2.44. The molecule has 0 amide bonds. The van der Waals surface area contributed by atoms with E-state index in [0.717, 1.165) is 0 Å². The predicted octanol–water partition coefficient (Wildman–Crippen LogP) is 0.367. The van der Waals surface area contributed by atoms with Gasteiger partial charge in [0.15, 0.2) is 6.29 Å². The van der Waals surface area contributed by atoms with Gasteiger partial charge in [-0.2, -0.15) is 0 Å². The zero-order valence-corrected chi connectivity index (χ0v) is 12.1. The fourth-order valence-electron chi connectivity index (χ4n) is 1.59. The van der Waals surface area contributed by atoms with Crippen LogP contribution in [-0.4, -0.2) is 62.9 Å². The first-order chi connectivity index (χ1) is 8.93. The van der Waals surface area contributed by atoms with E-state index in [4.69, 9.17) is 29.2 Å². The van der Waals surface area contributed by atoms with Gasteiger partial charge in [0.2, 0.25) is 0 Å². The Balaban J connectivity index is 0.000000191. The molecule has 2 saturated heterocycles. The summed E-state index contributed by atoms with van der Waals surface area (Å²) in [5, 5.41) is 17.7. The summed E-state index contributed by atoms with van der Waals surface area (Å²) in [5.74, 6) is 0. The SMILES string of the molecule is CC1(CO)COCOC1.CC1OCC(C)(CO)CO1. The molecule has 0 unspecified atom stereocenters. The van der Waals surface area contributed by atoms with E-state index in [1.807, 2.05) is 20.8 Å². The maximum atomic E-state index is 8.88. The first-order valence-corrected chi connectivity index (χ1v) is 6.53. The van der Waals surface area contributed by atoms with Crippen LogP contribution in [0.5, 0.6) is 0 Å². The molecule has 2 fully saturated rings. The Morgan fingerprint density at radius 2 is 1.32 bits per heavy atom. The quantitative estimate of drug-likeness (QED) is 0.760. The van der Waals surface area contributed by atoms with Crippen LogP contribution < -0.4 is 0 Å². The van der Waals surface area contributed by atoms with Crippen LogP contribution in [0.1, 0.15) is 20.8 Å². The lowest BCUT2D eigenvalue weighted by molar-refractivity contribution is -0.223. The Kier molecular flexibility index (Phi) is 6.65. The molecule has 6 heteroatoms. The molecule has 114 valence electrons. The minimum Gasteiger partial charge on any atom is -0.396 e. The zero-order chi connectivity index (χ0) is 14.4. The van der Waals surface area contributed by atoms with Gasteiger partial charge >= 0.3 is 0 Å². The molecule has 2 N–H and O–H groups in total. The molecule has 0 spiro atoms. The van der Waals surface area contributed by atoms with Crippen molar-refractivity contribution >= 4 is 0 Å². The molecule has 19 heavy (non-hydrogen) atoms. The summed E-state index contributed by atoms with van der Waals surface area (Å²) in [5.41, 5.74) is -0.356. The van der Waals surface area contributed by atoms with Gasteiger partial charge in [0, 0.05) is 10.8 Å². The Labute approximate surface area is 114 Å². The molecular formula is C13H26O6. The van der Waals surface area contributed by atoms with Gasteiger partial charge in [0.05, 0.1) is 39.6 Å². The Morgan fingerprint density at radius 1 is 0.895 bits per heavy atom. The largest absolute Gasteiger partial charge is 0.396 e. The molecule has 0 aromatic carbocycles. The third kappa shape index (κ3) is 5.72. The summed E-state index contributed by atoms with van der Waals surface area (Å²) in [6.45, 7) is 8.74. The van der Waals surface area contributed by atoms with Crippen molar-refractivity contribution in [2.75, 3.05) is 46.4 Å². The smallest absolute Gasteiger partial charge is 0.154 e. The van der Waals surface area contributed by atoms with Crippen molar-refractivity contribution < 1.29 is 29.2 Å². The van der Waals surface area contributed by atoms with E-state index in [2.05, 4.69) is 0 Å². The van der Waals surface area contributed by atoms with Crippen molar-refractivity contribution in [3.63, 3.8) is 0 Å². The normalized spacial score (nSPS) is 34.3. The molecule has 0 radical (unpaired) electrons. The molecular weight excluding hydrogens is 252 g/mol. The van der Waals surface area contributed by atoms with Crippen molar-refractivity contribution in [2.24, 2.45) is 10.8 Å². The molecule has 2 rings (SSSR count). The summed E-state index contributed by atoms with van der Waals surface area (Å²) in [7, 11) is 0. The van der Waals surface area contributed by atoms with Crippen LogP contribution in [0.25, 0.3) is 0 Å². The number of hydrogen-bond acceptors (Lipinski definition) is 6. The van der Waals surface area contributed by atoms with Gasteiger partial charge in [-0.25, -0.2) is 0 Å². The minimum absolute atomic E-state index is 0.111. The summed E-state index contributed by atoms with van der Waals surface area (Å²) < 4.78 is 20.4. The molecule has 0 bridgehead atoms. The Morgan fingerprint density at radius 3 is 1.68 bits per heavy atom. The Bertz CT molecular complexity index is 244. The predicted molar refractivity (Wildman–Crippen MR) is 68.5 cm³/mol. The van der Waals surface area contributed by atoms with E-state index in [1.54, 1.807) is 0 Å². The maximum Gasteiger partial charge on any atom is 0.154 e. The topological polar surface area (TPSA) is 77.4 Å². The van der Waals surface area contributed by atoms with Crippen molar-refractivity contribution in [3.8, 4) is 0 Å². The van der Waals surface area contributed by atoms with Crippen molar-refractivity contribution in [2.45, 2.75) is 27.1 Å². The van der Waals surface area contributed by atoms with Crippen LogP contribution in [-0.2, 0) is 18.9 Å². The van der Waals surface area contributed by atoms with Crippen molar-refractivity contribution in [3.05, 3.63) is 0 Å². The van der Waals surface area contributed by atoms with Gasteiger partial charge < -0.3 is 29.2 Å². The van der Waals surface area contributed by atoms with E-state index in [-0.39, 0.29) is 30.3 Å². The highest BCUT2D eigenvalue weighted by Gasteiger charge is 2.30. The van der Waals surface area contributed by atoms with Gasteiger partial charge in [-0.05, 0) is 6.92 Å². The summed E-state index contributed by atoms with van der Waals surface area (Å²) in [4.78, 5) is 0. The molecule has 2 aliphatic rings. The molecule has 0 saturated carbocycles. The second-order valence-corrected chi connectivity index (χ2v) is 5.94. The van der Waals surface area contributed by atoms with E-state index < -0.39 is 0 Å². The average molecular weight is 278 g/mol. The fraction of sp³-hybridized carbons (Fsp3) is 1.00. The third-order valence-corrected chi connectivity index (χ3v) is 3.16. The van der Waals surface area contributed by atoms with Crippen LogP contribution in [0.4, 0.5) is 0 Å². The highest BCUT2D eigenvalue weighted by molar-refractivity contribution is 4.75. The third-order valence-electron chi connectivity index (χ3n) is 3.16. The second kappa shape index (κ2) is 7.52. The van der Waals surface area contributed by atoms with Crippen molar-refractivity contribution in [1.82, 2.24) is 0 Å². The number of hydrogen-bond donors (Lipinski definition) is 2. The Hall–Kier alpha value is -0.240. The summed E-state index contributed by atoms with van der Waals surface area (Å²) in [6.07, 6.45) is -0.111.